The highest BCUT2D eigenvalue weighted by molar-refractivity contribution is 6.33. The summed E-state index contributed by atoms with van der Waals surface area (Å²) in [5.41, 5.74) is 3.02. The van der Waals surface area contributed by atoms with Crippen molar-refractivity contribution >= 4 is 45.0 Å². The summed E-state index contributed by atoms with van der Waals surface area (Å²) < 4.78 is 1.86. The third kappa shape index (κ3) is 3.20. The average molecular weight is 377 g/mol. The topological polar surface area (TPSA) is 51.1 Å². The normalized spacial score (nSPS) is 11.0. The number of nitrogens with zero attached hydrogens (tertiary/aromatic N) is 1. The maximum Gasteiger partial charge on any atom is 0.244 e. The number of amides is 1. The number of pyridine rings is 1. The zero-order valence-electron chi connectivity index (χ0n) is 14.7. The Bertz CT molecular complexity index is 1180. The smallest absolute Gasteiger partial charge is 0.244 e. The molecule has 134 valence electrons. The molecule has 4 nitrogen and oxygen atoms in total. The van der Waals surface area contributed by atoms with Crippen molar-refractivity contribution in [2.45, 2.75) is 13.5 Å². The Morgan fingerprint density at radius 1 is 0.963 bits per heavy atom. The first-order valence-corrected chi connectivity index (χ1v) is 8.98. The van der Waals surface area contributed by atoms with Crippen molar-refractivity contribution < 1.29 is 4.79 Å². The summed E-state index contributed by atoms with van der Waals surface area (Å²) in [7, 11) is 0. The standard InChI is InChI=1S/C22H17ClN2O2/c1-14-10-11-18(17(23)12-14)24-21(26)13-25-19-8-4-2-6-15(19)22(27)16-7-3-5-9-20(16)25/h2-12H,13H2,1H3,(H,24,26). The Morgan fingerprint density at radius 3 is 2.15 bits per heavy atom. The van der Waals surface area contributed by atoms with Gasteiger partial charge in [0.2, 0.25) is 5.91 Å². The van der Waals surface area contributed by atoms with E-state index in [1.54, 1.807) is 24.3 Å². The lowest BCUT2D eigenvalue weighted by Crippen LogP contribution is -2.21. The quantitative estimate of drug-likeness (QED) is 0.524. The fraction of sp³-hybridized carbons (Fsp3) is 0.0909. The van der Waals surface area contributed by atoms with Crippen LogP contribution in [0.5, 0.6) is 0 Å². The van der Waals surface area contributed by atoms with E-state index >= 15 is 0 Å². The number of para-hydroxylation sites is 2. The predicted octanol–water partition coefficient (Wildman–Crippen LogP) is 4.76. The van der Waals surface area contributed by atoms with E-state index in [0.717, 1.165) is 16.6 Å². The van der Waals surface area contributed by atoms with E-state index in [2.05, 4.69) is 5.32 Å². The van der Waals surface area contributed by atoms with Gasteiger partial charge in [-0.1, -0.05) is 41.9 Å². The Balaban J connectivity index is 1.79. The number of nitrogens with one attached hydrogen (secondary N) is 1. The van der Waals surface area contributed by atoms with Gasteiger partial charge in [-0.2, -0.15) is 0 Å². The van der Waals surface area contributed by atoms with Crippen molar-refractivity contribution in [3.63, 3.8) is 0 Å². The number of benzene rings is 3. The van der Waals surface area contributed by atoms with Gasteiger partial charge in [-0.15, -0.1) is 0 Å². The molecule has 0 unspecified atom stereocenters. The zero-order valence-corrected chi connectivity index (χ0v) is 15.5. The van der Waals surface area contributed by atoms with Crippen molar-refractivity contribution in [1.29, 1.82) is 0 Å². The lowest BCUT2D eigenvalue weighted by Gasteiger charge is -2.15. The van der Waals surface area contributed by atoms with Gasteiger partial charge in [0.05, 0.1) is 21.7 Å². The highest BCUT2D eigenvalue weighted by Gasteiger charge is 2.13. The summed E-state index contributed by atoms with van der Waals surface area (Å²) in [4.78, 5) is 25.5. The number of anilines is 1. The van der Waals surface area contributed by atoms with E-state index in [0.29, 0.717) is 21.5 Å². The van der Waals surface area contributed by atoms with E-state index < -0.39 is 0 Å². The molecule has 4 rings (SSSR count). The molecule has 0 atom stereocenters. The van der Waals surface area contributed by atoms with Crippen LogP contribution in [0.1, 0.15) is 5.56 Å². The number of hydrogen-bond donors (Lipinski definition) is 1. The molecule has 1 aromatic heterocycles. The van der Waals surface area contributed by atoms with Crippen LogP contribution in [0.2, 0.25) is 5.02 Å². The second-order valence-electron chi connectivity index (χ2n) is 6.48. The fourth-order valence-corrected chi connectivity index (χ4v) is 3.58. The highest BCUT2D eigenvalue weighted by Crippen LogP contribution is 2.23. The molecule has 0 aliphatic carbocycles. The van der Waals surface area contributed by atoms with Crippen LogP contribution >= 0.6 is 11.6 Å². The molecule has 0 spiro atoms. The SMILES string of the molecule is Cc1ccc(NC(=O)Cn2c3ccccc3c(=O)c3ccccc32)c(Cl)c1. The van der Waals surface area contributed by atoms with Gasteiger partial charge in [-0.25, -0.2) is 0 Å². The number of fused-ring (bicyclic) bond motifs is 2. The largest absolute Gasteiger partial charge is 0.331 e. The van der Waals surface area contributed by atoms with E-state index in [4.69, 9.17) is 11.6 Å². The molecule has 5 heteroatoms. The summed E-state index contributed by atoms with van der Waals surface area (Å²) in [5.74, 6) is -0.209. The molecule has 4 aromatic rings. The molecule has 0 fully saturated rings. The Labute approximate surface area is 161 Å². The first kappa shape index (κ1) is 17.3. The van der Waals surface area contributed by atoms with Crippen LogP contribution in [0.4, 0.5) is 5.69 Å². The highest BCUT2D eigenvalue weighted by atomic mass is 35.5. The summed E-state index contributed by atoms with van der Waals surface area (Å²) >= 11 is 6.22. The number of halogens is 1. The van der Waals surface area contributed by atoms with E-state index in [9.17, 15) is 9.59 Å². The number of carbonyl (C=O) groups excluding carboxylic acids is 1. The Morgan fingerprint density at radius 2 is 1.56 bits per heavy atom. The number of rotatable bonds is 3. The van der Waals surface area contributed by atoms with Crippen molar-refractivity contribution in [1.82, 2.24) is 4.57 Å². The molecule has 1 N–H and O–H groups in total. The minimum Gasteiger partial charge on any atom is -0.331 e. The van der Waals surface area contributed by atoms with Crippen molar-refractivity contribution in [3.8, 4) is 0 Å². The van der Waals surface area contributed by atoms with Crippen LogP contribution in [0.3, 0.4) is 0 Å². The third-order valence-electron chi connectivity index (χ3n) is 4.58. The molecule has 0 radical (unpaired) electrons. The van der Waals surface area contributed by atoms with E-state index in [1.807, 2.05) is 54.0 Å². The van der Waals surface area contributed by atoms with Crippen LogP contribution < -0.4 is 10.7 Å². The van der Waals surface area contributed by atoms with E-state index in [-0.39, 0.29) is 17.9 Å². The number of aromatic nitrogens is 1. The summed E-state index contributed by atoms with van der Waals surface area (Å²) in [6.45, 7) is 2.02. The number of aryl methyl sites for hydroxylation is 1. The molecule has 27 heavy (non-hydrogen) atoms. The fourth-order valence-electron chi connectivity index (χ4n) is 3.30. The van der Waals surface area contributed by atoms with Gasteiger partial charge >= 0.3 is 0 Å². The molecule has 1 amide bonds. The van der Waals surface area contributed by atoms with Gasteiger partial charge in [-0.3, -0.25) is 9.59 Å². The molecular weight excluding hydrogens is 360 g/mol. The molecule has 0 saturated heterocycles. The molecule has 0 aliphatic rings. The van der Waals surface area contributed by atoms with Crippen LogP contribution in [0.25, 0.3) is 21.8 Å². The van der Waals surface area contributed by atoms with Gasteiger partial charge in [0.1, 0.15) is 6.54 Å². The van der Waals surface area contributed by atoms with Gasteiger partial charge < -0.3 is 9.88 Å². The summed E-state index contributed by atoms with van der Waals surface area (Å²) in [6, 6.07) is 20.2. The Hall–Kier alpha value is -3.11. The molecule has 3 aromatic carbocycles. The van der Waals surface area contributed by atoms with E-state index in [1.165, 1.54) is 0 Å². The number of hydrogen-bond acceptors (Lipinski definition) is 2. The van der Waals surface area contributed by atoms with Crippen molar-refractivity contribution in [2.24, 2.45) is 0 Å². The Kier molecular flexibility index (Phi) is 4.42. The molecule has 0 aliphatic heterocycles. The van der Waals surface area contributed by atoms with Crippen LogP contribution in [0, 0.1) is 6.92 Å². The zero-order chi connectivity index (χ0) is 19.0. The lowest BCUT2D eigenvalue weighted by molar-refractivity contribution is -0.116. The van der Waals surface area contributed by atoms with Crippen LogP contribution in [0.15, 0.2) is 71.5 Å². The van der Waals surface area contributed by atoms with Gasteiger partial charge in [0, 0.05) is 10.8 Å². The first-order valence-electron chi connectivity index (χ1n) is 8.61. The van der Waals surface area contributed by atoms with Crippen molar-refractivity contribution in [2.75, 3.05) is 5.32 Å². The maximum atomic E-state index is 12.8. The predicted molar refractivity (Wildman–Crippen MR) is 111 cm³/mol. The molecule has 0 saturated carbocycles. The maximum absolute atomic E-state index is 12.8. The third-order valence-corrected chi connectivity index (χ3v) is 4.89. The minimum atomic E-state index is -0.209. The lowest BCUT2D eigenvalue weighted by atomic mass is 10.1. The monoisotopic (exact) mass is 376 g/mol. The second-order valence-corrected chi connectivity index (χ2v) is 6.89. The van der Waals surface area contributed by atoms with Gasteiger partial charge in [-0.05, 0) is 48.9 Å². The summed E-state index contributed by atoms with van der Waals surface area (Å²) in [5, 5.41) is 4.55. The average Bonchev–Trinajstić information content (AvgIpc) is 2.67. The first-order chi connectivity index (χ1) is 13.0. The summed E-state index contributed by atoms with van der Waals surface area (Å²) in [6.07, 6.45) is 0. The van der Waals surface area contributed by atoms with Gasteiger partial charge in [0.25, 0.3) is 0 Å². The van der Waals surface area contributed by atoms with Crippen LogP contribution in [-0.2, 0) is 11.3 Å². The molecular formula is C22H17ClN2O2. The molecule has 0 bridgehead atoms. The number of carbonyl (C=O) groups is 1. The van der Waals surface area contributed by atoms with Crippen LogP contribution in [-0.4, -0.2) is 10.5 Å². The van der Waals surface area contributed by atoms with Gasteiger partial charge in [0.15, 0.2) is 5.43 Å². The molecule has 1 heterocycles. The minimum absolute atomic E-state index is 0.0283. The second kappa shape index (κ2) is 6.89. The van der Waals surface area contributed by atoms with Crippen molar-refractivity contribution in [3.05, 3.63) is 87.5 Å².